The molecule has 1 amide bonds. The number of aliphatic hydroxyl groups excluding tert-OH is 3. The molecule has 0 aliphatic heterocycles. The van der Waals surface area contributed by atoms with E-state index < -0.39 is 18.3 Å². The Labute approximate surface area is 186 Å². The van der Waals surface area contributed by atoms with Crippen molar-refractivity contribution in [2.75, 3.05) is 18.9 Å². The normalized spacial score (nSPS) is 14.3. The van der Waals surface area contributed by atoms with Gasteiger partial charge in [0.2, 0.25) is 0 Å². The Balaban J connectivity index is 1.34. The minimum atomic E-state index is -1.26. The van der Waals surface area contributed by atoms with Crippen LogP contribution < -0.4 is 11.1 Å². The molecule has 166 valence electrons. The first kappa shape index (κ1) is 21.8. The van der Waals surface area contributed by atoms with E-state index in [1.54, 1.807) is 12.1 Å². The third-order valence-corrected chi connectivity index (χ3v) is 5.84. The standard InChI is InChI=1S/C25H26N2O5/c26-22-10-9-15(11-16(22)13-28)24(30)23(29)12-27-25(31)32-14-21-19-7-3-1-5-17(19)18-6-2-4-8-20(18)21/h1-11,21,23-24,28-30H,12-14,26H2,(H,27,31). The number of carbonyl (C=O) groups excluding carboxylic acids is 1. The number of benzene rings is 3. The highest BCUT2D eigenvalue weighted by molar-refractivity contribution is 5.79. The molecule has 3 aromatic carbocycles. The monoisotopic (exact) mass is 434 g/mol. The predicted octanol–water partition coefficient (Wildman–Crippen LogP) is 2.69. The number of alkyl carbamates (subject to hydrolysis) is 1. The number of rotatable bonds is 7. The van der Waals surface area contributed by atoms with Gasteiger partial charge in [-0.15, -0.1) is 0 Å². The summed E-state index contributed by atoms with van der Waals surface area (Å²) in [7, 11) is 0. The van der Waals surface area contributed by atoms with Crippen LogP contribution in [0.5, 0.6) is 0 Å². The van der Waals surface area contributed by atoms with Crippen molar-refractivity contribution in [3.8, 4) is 11.1 Å². The van der Waals surface area contributed by atoms with Gasteiger partial charge in [-0.2, -0.15) is 0 Å². The fourth-order valence-electron chi connectivity index (χ4n) is 4.12. The van der Waals surface area contributed by atoms with Crippen molar-refractivity contribution in [2.45, 2.75) is 24.7 Å². The zero-order chi connectivity index (χ0) is 22.7. The highest BCUT2D eigenvalue weighted by Gasteiger charge is 2.29. The third kappa shape index (κ3) is 4.31. The van der Waals surface area contributed by atoms with Gasteiger partial charge in [-0.3, -0.25) is 0 Å². The number of anilines is 1. The van der Waals surface area contributed by atoms with Gasteiger partial charge >= 0.3 is 6.09 Å². The quantitative estimate of drug-likeness (QED) is 0.364. The third-order valence-electron chi connectivity index (χ3n) is 5.84. The summed E-state index contributed by atoms with van der Waals surface area (Å²) in [5.74, 6) is -0.0599. The van der Waals surface area contributed by atoms with Crippen LogP contribution >= 0.6 is 0 Å². The van der Waals surface area contributed by atoms with Crippen LogP contribution in [-0.4, -0.2) is 40.7 Å². The SMILES string of the molecule is Nc1ccc(C(O)C(O)CNC(=O)OCC2c3ccccc3-c3ccccc32)cc1CO. The van der Waals surface area contributed by atoms with Crippen molar-refractivity contribution in [1.29, 1.82) is 0 Å². The van der Waals surface area contributed by atoms with Gasteiger partial charge in [0.15, 0.2) is 0 Å². The van der Waals surface area contributed by atoms with Crippen LogP contribution in [0.15, 0.2) is 66.7 Å². The van der Waals surface area contributed by atoms with Crippen LogP contribution in [-0.2, 0) is 11.3 Å². The van der Waals surface area contributed by atoms with Crippen LogP contribution in [0.2, 0.25) is 0 Å². The zero-order valence-corrected chi connectivity index (χ0v) is 17.4. The minimum absolute atomic E-state index is 0.0599. The Morgan fingerprint density at radius 2 is 1.62 bits per heavy atom. The molecule has 0 aromatic heterocycles. The molecule has 0 saturated heterocycles. The number of ether oxygens (including phenoxy) is 1. The highest BCUT2D eigenvalue weighted by atomic mass is 16.5. The van der Waals surface area contributed by atoms with E-state index in [4.69, 9.17) is 10.5 Å². The smallest absolute Gasteiger partial charge is 0.407 e. The molecule has 0 fully saturated rings. The second-order valence-corrected chi connectivity index (χ2v) is 7.83. The van der Waals surface area contributed by atoms with Crippen molar-refractivity contribution in [2.24, 2.45) is 0 Å². The van der Waals surface area contributed by atoms with Crippen molar-refractivity contribution < 1.29 is 24.9 Å². The number of aliphatic hydroxyl groups is 3. The Morgan fingerprint density at radius 3 is 2.25 bits per heavy atom. The lowest BCUT2D eigenvalue weighted by Gasteiger charge is -2.20. The number of hydrogen-bond acceptors (Lipinski definition) is 6. The molecule has 1 aliphatic carbocycles. The first-order valence-corrected chi connectivity index (χ1v) is 10.4. The number of nitrogens with two attached hydrogens (primary N) is 1. The molecule has 7 heteroatoms. The Morgan fingerprint density at radius 1 is 1.00 bits per heavy atom. The molecule has 0 bridgehead atoms. The fourth-order valence-corrected chi connectivity index (χ4v) is 4.12. The molecule has 2 unspecified atom stereocenters. The number of nitrogen functional groups attached to an aromatic ring is 1. The van der Waals surface area contributed by atoms with E-state index in [1.807, 2.05) is 36.4 Å². The van der Waals surface area contributed by atoms with E-state index in [1.165, 1.54) is 6.07 Å². The van der Waals surface area contributed by atoms with Crippen molar-refractivity contribution >= 4 is 11.8 Å². The summed E-state index contributed by atoms with van der Waals surface area (Å²) in [5.41, 5.74) is 11.5. The lowest BCUT2D eigenvalue weighted by atomic mass is 9.98. The first-order valence-electron chi connectivity index (χ1n) is 10.4. The number of hydrogen-bond donors (Lipinski definition) is 5. The van der Waals surface area contributed by atoms with Crippen LogP contribution in [0, 0.1) is 0 Å². The zero-order valence-electron chi connectivity index (χ0n) is 17.4. The molecule has 3 aromatic rings. The van der Waals surface area contributed by atoms with E-state index in [2.05, 4.69) is 17.4 Å². The molecule has 0 radical (unpaired) electrons. The Bertz CT molecular complexity index is 1070. The van der Waals surface area contributed by atoms with Gasteiger partial charge in [0.1, 0.15) is 18.8 Å². The number of fused-ring (bicyclic) bond motifs is 3. The summed E-state index contributed by atoms with van der Waals surface area (Å²) in [6.45, 7) is -0.312. The summed E-state index contributed by atoms with van der Waals surface area (Å²) >= 11 is 0. The minimum Gasteiger partial charge on any atom is -0.449 e. The largest absolute Gasteiger partial charge is 0.449 e. The summed E-state index contributed by atoms with van der Waals surface area (Å²) in [5, 5.41) is 32.5. The number of nitrogens with one attached hydrogen (secondary N) is 1. The average Bonchev–Trinajstić information content (AvgIpc) is 3.14. The lowest BCUT2D eigenvalue weighted by Crippen LogP contribution is -2.36. The second-order valence-electron chi connectivity index (χ2n) is 7.83. The maximum Gasteiger partial charge on any atom is 0.407 e. The Hall–Kier alpha value is -3.39. The molecule has 32 heavy (non-hydrogen) atoms. The topological polar surface area (TPSA) is 125 Å². The molecule has 4 rings (SSSR count). The highest BCUT2D eigenvalue weighted by Crippen LogP contribution is 2.44. The lowest BCUT2D eigenvalue weighted by molar-refractivity contribution is 0.0185. The molecule has 0 saturated carbocycles. The Kier molecular flexibility index (Phi) is 6.41. The van der Waals surface area contributed by atoms with Gasteiger partial charge in [-0.1, -0.05) is 54.6 Å². The van der Waals surface area contributed by atoms with Crippen LogP contribution in [0.25, 0.3) is 11.1 Å². The van der Waals surface area contributed by atoms with Gasteiger partial charge < -0.3 is 31.1 Å². The van der Waals surface area contributed by atoms with Gasteiger partial charge in [-0.05, 0) is 39.9 Å². The van der Waals surface area contributed by atoms with Crippen LogP contribution in [0.3, 0.4) is 0 Å². The average molecular weight is 434 g/mol. The molecule has 1 aliphatic rings. The van der Waals surface area contributed by atoms with Crippen molar-refractivity contribution in [1.82, 2.24) is 5.32 Å². The fraction of sp³-hybridized carbons (Fsp3) is 0.240. The number of amides is 1. The van der Waals surface area contributed by atoms with Crippen molar-refractivity contribution in [3.05, 3.63) is 89.0 Å². The van der Waals surface area contributed by atoms with Crippen LogP contribution in [0.4, 0.5) is 10.5 Å². The van der Waals surface area contributed by atoms with Gasteiger partial charge in [0.25, 0.3) is 0 Å². The second kappa shape index (κ2) is 9.40. The summed E-state index contributed by atoms with van der Waals surface area (Å²) < 4.78 is 5.44. The molecule has 2 atom stereocenters. The maximum atomic E-state index is 12.3. The van der Waals surface area contributed by atoms with E-state index >= 15 is 0 Å². The van der Waals surface area contributed by atoms with Gasteiger partial charge in [-0.25, -0.2) is 4.79 Å². The molecular formula is C25H26N2O5. The van der Waals surface area contributed by atoms with E-state index in [0.29, 0.717) is 16.8 Å². The predicted molar refractivity (Wildman–Crippen MR) is 121 cm³/mol. The van der Waals surface area contributed by atoms with Crippen LogP contribution in [0.1, 0.15) is 34.3 Å². The van der Waals surface area contributed by atoms with Gasteiger partial charge in [0.05, 0.1) is 6.61 Å². The van der Waals surface area contributed by atoms with E-state index in [-0.39, 0.29) is 25.7 Å². The molecular weight excluding hydrogens is 408 g/mol. The van der Waals surface area contributed by atoms with Crippen molar-refractivity contribution in [3.63, 3.8) is 0 Å². The summed E-state index contributed by atoms with van der Waals surface area (Å²) in [6, 6.07) is 20.7. The number of carbonyl (C=O) groups is 1. The first-order chi connectivity index (χ1) is 15.5. The summed E-state index contributed by atoms with van der Waals surface area (Å²) in [6.07, 6.45) is -3.19. The van der Waals surface area contributed by atoms with E-state index in [0.717, 1.165) is 22.3 Å². The summed E-state index contributed by atoms with van der Waals surface area (Å²) in [4.78, 5) is 12.3. The molecule has 0 spiro atoms. The molecule has 0 heterocycles. The maximum absolute atomic E-state index is 12.3. The molecule has 7 nitrogen and oxygen atoms in total. The van der Waals surface area contributed by atoms with Gasteiger partial charge in [0, 0.05) is 23.7 Å². The molecule has 6 N–H and O–H groups in total. The van der Waals surface area contributed by atoms with E-state index in [9.17, 15) is 20.1 Å².